The van der Waals surface area contributed by atoms with E-state index in [9.17, 15) is 4.39 Å². The molecule has 0 saturated carbocycles. The summed E-state index contributed by atoms with van der Waals surface area (Å²) in [5.74, 6) is 0.409. The number of thiophene rings is 1. The van der Waals surface area contributed by atoms with E-state index in [4.69, 9.17) is 17.3 Å². The molecule has 2 heterocycles. The molecule has 6 heteroatoms. The van der Waals surface area contributed by atoms with Crippen molar-refractivity contribution in [3.63, 3.8) is 0 Å². The molecule has 0 fully saturated rings. The number of rotatable bonds is 1. The molecular formula is C12H7ClFN3S. The monoisotopic (exact) mass is 279 g/mol. The summed E-state index contributed by atoms with van der Waals surface area (Å²) in [7, 11) is 0. The van der Waals surface area contributed by atoms with E-state index in [0.29, 0.717) is 21.1 Å². The first-order valence-electron chi connectivity index (χ1n) is 5.12. The van der Waals surface area contributed by atoms with Crippen LogP contribution in [-0.4, -0.2) is 9.97 Å². The highest BCUT2D eigenvalue weighted by Gasteiger charge is 2.09. The van der Waals surface area contributed by atoms with Crippen molar-refractivity contribution in [2.75, 3.05) is 5.73 Å². The van der Waals surface area contributed by atoms with Crippen molar-refractivity contribution in [2.24, 2.45) is 0 Å². The largest absolute Gasteiger partial charge is 0.383 e. The summed E-state index contributed by atoms with van der Waals surface area (Å²) in [6.07, 6.45) is 0. The van der Waals surface area contributed by atoms with Crippen molar-refractivity contribution in [1.29, 1.82) is 0 Å². The van der Waals surface area contributed by atoms with Crippen molar-refractivity contribution in [1.82, 2.24) is 9.97 Å². The Bertz CT molecular complexity index is 741. The van der Waals surface area contributed by atoms with Gasteiger partial charge in [0.05, 0.1) is 14.7 Å². The molecule has 0 aliphatic carbocycles. The molecule has 0 aliphatic heterocycles. The van der Waals surface area contributed by atoms with Gasteiger partial charge in [-0.05, 0) is 30.3 Å². The van der Waals surface area contributed by atoms with Crippen LogP contribution >= 0.6 is 22.9 Å². The van der Waals surface area contributed by atoms with E-state index >= 15 is 0 Å². The van der Waals surface area contributed by atoms with E-state index in [1.807, 2.05) is 6.07 Å². The molecule has 1 aromatic carbocycles. The van der Waals surface area contributed by atoms with Crippen molar-refractivity contribution < 1.29 is 4.39 Å². The quantitative estimate of drug-likeness (QED) is 0.738. The van der Waals surface area contributed by atoms with Gasteiger partial charge in [-0.15, -0.1) is 11.3 Å². The zero-order chi connectivity index (χ0) is 12.7. The number of nitrogens with two attached hydrogens (primary N) is 1. The standard InChI is InChI=1S/C12H7ClFN3S/c13-10-4-3-9(18-10)12-16-8-2-1-6(14)5-7(8)11(15)17-12/h1-5H,(H2,15,16,17). The number of hydrogen-bond acceptors (Lipinski definition) is 4. The molecule has 3 nitrogen and oxygen atoms in total. The van der Waals surface area contributed by atoms with E-state index < -0.39 is 0 Å². The Morgan fingerprint density at radius 3 is 2.72 bits per heavy atom. The summed E-state index contributed by atoms with van der Waals surface area (Å²) in [6.45, 7) is 0. The van der Waals surface area contributed by atoms with Gasteiger partial charge in [0.2, 0.25) is 0 Å². The Labute approximate surface area is 111 Å². The van der Waals surface area contributed by atoms with E-state index in [2.05, 4.69) is 9.97 Å². The molecule has 0 amide bonds. The average Bonchev–Trinajstić information content (AvgIpc) is 2.77. The Morgan fingerprint density at radius 1 is 1.17 bits per heavy atom. The molecule has 0 aliphatic rings. The summed E-state index contributed by atoms with van der Waals surface area (Å²) < 4.78 is 13.8. The normalized spacial score (nSPS) is 11.0. The molecule has 0 unspecified atom stereocenters. The third-order valence-corrected chi connectivity index (χ3v) is 3.71. The fourth-order valence-corrected chi connectivity index (χ4v) is 2.65. The molecule has 90 valence electrons. The van der Waals surface area contributed by atoms with Gasteiger partial charge in [0, 0.05) is 5.39 Å². The first-order chi connectivity index (χ1) is 8.63. The highest BCUT2D eigenvalue weighted by molar-refractivity contribution is 7.19. The van der Waals surface area contributed by atoms with Crippen LogP contribution in [0.15, 0.2) is 30.3 Å². The highest BCUT2D eigenvalue weighted by Crippen LogP contribution is 2.30. The Morgan fingerprint density at radius 2 is 2.00 bits per heavy atom. The maximum Gasteiger partial charge on any atom is 0.172 e. The number of nitrogens with zero attached hydrogens (tertiary/aromatic N) is 2. The maximum atomic E-state index is 13.1. The minimum atomic E-state index is -0.357. The zero-order valence-electron chi connectivity index (χ0n) is 9.02. The lowest BCUT2D eigenvalue weighted by molar-refractivity contribution is 0.629. The second-order valence-electron chi connectivity index (χ2n) is 3.70. The molecule has 0 saturated heterocycles. The van der Waals surface area contributed by atoms with Crippen molar-refractivity contribution in [2.45, 2.75) is 0 Å². The molecular weight excluding hydrogens is 273 g/mol. The Hall–Kier alpha value is -1.72. The number of hydrogen-bond donors (Lipinski definition) is 1. The van der Waals surface area contributed by atoms with Gasteiger partial charge in [-0.1, -0.05) is 11.6 Å². The third-order valence-electron chi connectivity index (χ3n) is 2.48. The van der Waals surface area contributed by atoms with Gasteiger partial charge in [-0.3, -0.25) is 0 Å². The Kier molecular flexibility index (Phi) is 2.65. The van der Waals surface area contributed by atoms with E-state index in [0.717, 1.165) is 4.88 Å². The first-order valence-corrected chi connectivity index (χ1v) is 6.31. The summed E-state index contributed by atoms with van der Waals surface area (Å²) in [6, 6.07) is 7.87. The van der Waals surface area contributed by atoms with Gasteiger partial charge in [-0.25, -0.2) is 14.4 Å². The van der Waals surface area contributed by atoms with Gasteiger partial charge in [0.25, 0.3) is 0 Å². The van der Waals surface area contributed by atoms with E-state index in [1.54, 1.807) is 12.1 Å². The molecule has 18 heavy (non-hydrogen) atoms. The van der Waals surface area contributed by atoms with Gasteiger partial charge < -0.3 is 5.73 Å². The molecule has 0 radical (unpaired) electrons. The van der Waals surface area contributed by atoms with Crippen LogP contribution in [0.4, 0.5) is 10.2 Å². The zero-order valence-corrected chi connectivity index (χ0v) is 10.6. The number of halogens is 2. The predicted octanol–water partition coefficient (Wildman–Crippen LogP) is 3.73. The molecule has 3 aromatic rings. The fourth-order valence-electron chi connectivity index (χ4n) is 1.67. The lowest BCUT2D eigenvalue weighted by Gasteiger charge is -2.03. The van der Waals surface area contributed by atoms with Gasteiger partial charge >= 0.3 is 0 Å². The third kappa shape index (κ3) is 1.91. The van der Waals surface area contributed by atoms with E-state index in [-0.39, 0.29) is 11.6 Å². The van der Waals surface area contributed by atoms with Crippen molar-refractivity contribution >= 4 is 39.7 Å². The summed E-state index contributed by atoms with van der Waals surface area (Å²) in [4.78, 5) is 9.36. The summed E-state index contributed by atoms with van der Waals surface area (Å²) in [5.41, 5.74) is 6.44. The van der Waals surface area contributed by atoms with Crippen LogP contribution < -0.4 is 5.73 Å². The van der Waals surface area contributed by atoms with Gasteiger partial charge in [-0.2, -0.15) is 0 Å². The van der Waals surface area contributed by atoms with Crippen LogP contribution in [0.25, 0.3) is 21.6 Å². The molecule has 2 N–H and O–H groups in total. The number of benzene rings is 1. The van der Waals surface area contributed by atoms with Gasteiger partial charge in [0.15, 0.2) is 5.82 Å². The number of fused-ring (bicyclic) bond motifs is 1. The molecule has 0 atom stereocenters. The first kappa shape index (κ1) is 11.4. The number of nitrogen functional groups attached to an aromatic ring is 1. The molecule has 3 rings (SSSR count). The SMILES string of the molecule is Nc1nc(-c2ccc(Cl)s2)nc2ccc(F)cc12. The lowest BCUT2D eigenvalue weighted by atomic mass is 10.2. The average molecular weight is 280 g/mol. The van der Waals surface area contributed by atoms with Crippen molar-refractivity contribution in [3.05, 3.63) is 40.5 Å². The predicted molar refractivity (Wildman–Crippen MR) is 72.2 cm³/mol. The van der Waals surface area contributed by atoms with Crippen LogP contribution in [0, 0.1) is 5.82 Å². The second-order valence-corrected chi connectivity index (χ2v) is 5.41. The Balaban J connectivity index is 2.24. The minimum absolute atomic E-state index is 0.263. The van der Waals surface area contributed by atoms with Crippen LogP contribution in [0.5, 0.6) is 0 Å². The van der Waals surface area contributed by atoms with Crippen molar-refractivity contribution in [3.8, 4) is 10.7 Å². The number of anilines is 1. The maximum absolute atomic E-state index is 13.1. The van der Waals surface area contributed by atoms with Crippen LogP contribution in [-0.2, 0) is 0 Å². The summed E-state index contributed by atoms with van der Waals surface area (Å²) in [5, 5.41) is 0.515. The minimum Gasteiger partial charge on any atom is -0.383 e. The topological polar surface area (TPSA) is 51.8 Å². The second kappa shape index (κ2) is 4.19. The molecule has 0 bridgehead atoms. The van der Waals surface area contributed by atoms with Crippen LogP contribution in [0.3, 0.4) is 0 Å². The molecule has 2 aromatic heterocycles. The van der Waals surface area contributed by atoms with Gasteiger partial charge in [0.1, 0.15) is 11.6 Å². The smallest absolute Gasteiger partial charge is 0.172 e. The number of aromatic nitrogens is 2. The van der Waals surface area contributed by atoms with E-state index in [1.165, 1.54) is 23.5 Å². The summed E-state index contributed by atoms with van der Waals surface area (Å²) >= 11 is 7.24. The lowest BCUT2D eigenvalue weighted by Crippen LogP contribution is -1.97. The van der Waals surface area contributed by atoms with Crippen LogP contribution in [0.2, 0.25) is 4.34 Å². The van der Waals surface area contributed by atoms with Crippen LogP contribution in [0.1, 0.15) is 0 Å². The highest BCUT2D eigenvalue weighted by atomic mass is 35.5. The molecule has 0 spiro atoms. The fraction of sp³-hybridized carbons (Fsp3) is 0.